The smallest absolute Gasteiger partial charge is 0.339 e. The van der Waals surface area contributed by atoms with E-state index in [1.807, 2.05) is 0 Å². The predicted molar refractivity (Wildman–Crippen MR) is 66.3 cm³/mol. The second kappa shape index (κ2) is 5.95. The lowest BCUT2D eigenvalue weighted by atomic mass is 10.2. The summed E-state index contributed by atoms with van der Waals surface area (Å²) >= 11 is 0. The number of methoxy groups -OCH3 is 1. The molecule has 0 N–H and O–H groups in total. The molecule has 0 aliphatic carbocycles. The second-order valence-electron chi connectivity index (χ2n) is 3.71. The third-order valence-electron chi connectivity index (χ3n) is 2.50. The monoisotopic (exact) mass is 261 g/mol. The Morgan fingerprint density at radius 1 is 1.26 bits per heavy atom. The Morgan fingerprint density at radius 2 is 2.05 bits per heavy atom. The summed E-state index contributed by atoms with van der Waals surface area (Å²) in [7, 11) is 1.29. The zero-order chi connectivity index (χ0) is 13.7. The van der Waals surface area contributed by atoms with Crippen LogP contribution in [0.4, 0.5) is 4.39 Å². The first-order valence-corrected chi connectivity index (χ1v) is 5.62. The van der Waals surface area contributed by atoms with Gasteiger partial charge in [-0.05, 0) is 24.3 Å². The van der Waals surface area contributed by atoms with Crippen molar-refractivity contribution >= 4 is 5.97 Å². The van der Waals surface area contributed by atoms with Crippen LogP contribution in [0.3, 0.4) is 0 Å². The van der Waals surface area contributed by atoms with Crippen molar-refractivity contribution in [2.75, 3.05) is 7.11 Å². The van der Waals surface area contributed by atoms with Gasteiger partial charge in [0, 0.05) is 6.20 Å². The molecule has 0 fully saturated rings. The van der Waals surface area contributed by atoms with Gasteiger partial charge in [0.05, 0.1) is 18.4 Å². The Kier molecular flexibility index (Phi) is 4.07. The van der Waals surface area contributed by atoms with Crippen molar-refractivity contribution in [2.45, 2.75) is 6.61 Å². The molecule has 1 heterocycles. The highest BCUT2D eigenvalue weighted by Crippen LogP contribution is 2.17. The molecular weight excluding hydrogens is 249 g/mol. The minimum Gasteiger partial charge on any atom is -0.484 e. The van der Waals surface area contributed by atoms with Crippen molar-refractivity contribution in [2.24, 2.45) is 0 Å². The third kappa shape index (κ3) is 3.07. The highest BCUT2D eigenvalue weighted by Gasteiger charge is 2.13. The van der Waals surface area contributed by atoms with Crippen LogP contribution in [0.15, 0.2) is 42.6 Å². The third-order valence-corrected chi connectivity index (χ3v) is 2.50. The van der Waals surface area contributed by atoms with Gasteiger partial charge in [0.1, 0.15) is 6.61 Å². The fourth-order valence-corrected chi connectivity index (χ4v) is 1.56. The van der Waals surface area contributed by atoms with Crippen molar-refractivity contribution in [3.05, 3.63) is 59.7 Å². The summed E-state index contributed by atoms with van der Waals surface area (Å²) in [4.78, 5) is 15.6. The summed E-state index contributed by atoms with van der Waals surface area (Å²) < 4.78 is 23.3. The van der Waals surface area contributed by atoms with E-state index >= 15 is 0 Å². The van der Waals surface area contributed by atoms with E-state index in [2.05, 4.69) is 9.72 Å². The highest BCUT2D eigenvalue weighted by molar-refractivity contribution is 5.90. The Morgan fingerprint density at radius 3 is 2.79 bits per heavy atom. The standard InChI is InChI=1S/C14H12FNO3/c1-18-14(17)10-5-4-8-16-12(10)9-19-13-7-3-2-6-11(13)15/h2-8H,9H2,1H3. The van der Waals surface area contributed by atoms with E-state index in [4.69, 9.17) is 4.74 Å². The van der Waals surface area contributed by atoms with Gasteiger partial charge in [0.15, 0.2) is 11.6 Å². The van der Waals surface area contributed by atoms with E-state index in [1.54, 1.807) is 24.3 Å². The lowest BCUT2D eigenvalue weighted by Gasteiger charge is -2.09. The molecule has 0 spiro atoms. The number of hydrogen-bond acceptors (Lipinski definition) is 4. The Bertz CT molecular complexity index is 586. The minimum absolute atomic E-state index is 0.00773. The zero-order valence-electron chi connectivity index (χ0n) is 10.3. The quantitative estimate of drug-likeness (QED) is 0.794. The van der Waals surface area contributed by atoms with Crippen LogP contribution < -0.4 is 4.74 Å². The van der Waals surface area contributed by atoms with Crippen LogP contribution in [0.25, 0.3) is 0 Å². The van der Waals surface area contributed by atoms with E-state index in [1.165, 1.54) is 25.4 Å². The van der Waals surface area contributed by atoms with Crippen LogP contribution in [-0.2, 0) is 11.3 Å². The number of esters is 1. The molecule has 0 saturated heterocycles. The summed E-state index contributed by atoms with van der Waals surface area (Å²) in [6.07, 6.45) is 1.53. The minimum atomic E-state index is -0.500. The van der Waals surface area contributed by atoms with E-state index in [0.717, 1.165) is 0 Å². The van der Waals surface area contributed by atoms with Crippen LogP contribution in [0.1, 0.15) is 16.1 Å². The normalized spacial score (nSPS) is 10.0. The van der Waals surface area contributed by atoms with Crippen molar-refractivity contribution in [3.8, 4) is 5.75 Å². The lowest BCUT2D eigenvalue weighted by molar-refractivity contribution is 0.0597. The maximum atomic E-state index is 13.4. The average molecular weight is 261 g/mol. The molecule has 0 bridgehead atoms. The molecule has 2 rings (SSSR count). The van der Waals surface area contributed by atoms with Crippen LogP contribution in [0, 0.1) is 5.82 Å². The Labute approximate surface area is 109 Å². The predicted octanol–water partition coefficient (Wildman–Crippen LogP) is 2.59. The van der Waals surface area contributed by atoms with E-state index in [9.17, 15) is 9.18 Å². The molecule has 0 unspecified atom stereocenters. The first-order chi connectivity index (χ1) is 9.22. The number of ether oxygens (including phenoxy) is 2. The molecule has 5 heteroatoms. The van der Waals surface area contributed by atoms with Gasteiger partial charge in [-0.3, -0.25) is 4.98 Å². The summed E-state index contributed by atoms with van der Waals surface area (Å²) in [6, 6.07) is 9.25. The number of halogens is 1. The van der Waals surface area contributed by atoms with Crippen LogP contribution in [0.2, 0.25) is 0 Å². The number of hydrogen-bond donors (Lipinski definition) is 0. The molecule has 0 radical (unpaired) electrons. The van der Waals surface area contributed by atoms with Crippen LogP contribution >= 0.6 is 0 Å². The highest BCUT2D eigenvalue weighted by atomic mass is 19.1. The largest absolute Gasteiger partial charge is 0.484 e. The van der Waals surface area contributed by atoms with E-state index < -0.39 is 11.8 Å². The first kappa shape index (κ1) is 13.0. The fraction of sp³-hybridized carbons (Fsp3) is 0.143. The molecule has 0 atom stereocenters. The topological polar surface area (TPSA) is 48.4 Å². The van der Waals surface area contributed by atoms with Gasteiger partial charge in [-0.15, -0.1) is 0 Å². The first-order valence-electron chi connectivity index (χ1n) is 5.62. The molecule has 0 saturated carbocycles. The molecule has 19 heavy (non-hydrogen) atoms. The molecule has 2 aromatic rings. The molecule has 0 amide bonds. The molecule has 4 nitrogen and oxygen atoms in total. The molecule has 1 aromatic carbocycles. The number of para-hydroxylation sites is 1. The lowest BCUT2D eigenvalue weighted by Crippen LogP contribution is -2.10. The molecule has 98 valence electrons. The van der Waals surface area contributed by atoms with Gasteiger partial charge < -0.3 is 9.47 Å². The Hall–Kier alpha value is -2.43. The Balaban J connectivity index is 2.16. The maximum absolute atomic E-state index is 13.4. The molecular formula is C14H12FNO3. The average Bonchev–Trinajstić information content (AvgIpc) is 2.46. The number of carbonyl (C=O) groups excluding carboxylic acids is 1. The van der Waals surface area contributed by atoms with Crippen molar-refractivity contribution in [1.29, 1.82) is 0 Å². The number of pyridine rings is 1. The van der Waals surface area contributed by atoms with Gasteiger partial charge in [-0.1, -0.05) is 12.1 Å². The maximum Gasteiger partial charge on any atom is 0.339 e. The molecule has 0 aliphatic rings. The van der Waals surface area contributed by atoms with Crippen molar-refractivity contribution in [1.82, 2.24) is 4.98 Å². The molecule has 1 aromatic heterocycles. The number of aromatic nitrogens is 1. The van der Waals surface area contributed by atoms with Gasteiger partial charge in [0.25, 0.3) is 0 Å². The van der Waals surface area contributed by atoms with Gasteiger partial charge in [-0.25, -0.2) is 9.18 Å². The van der Waals surface area contributed by atoms with E-state index in [0.29, 0.717) is 11.3 Å². The van der Waals surface area contributed by atoms with Crippen LogP contribution in [0.5, 0.6) is 5.75 Å². The number of nitrogens with zero attached hydrogens (tertiary/aromatic N) is 1. The number of rotatable bonds is 4. The zero-order valence-corrected chi connectivity index (χ0v) is 10.3. The second-order valence-corrected chi connectivity index (χ2v) is 3.71. The summed E-state index contributed by atoms with van der Waals surface area (Å²) in [5.74, 6) is -0.845. The van der Waals surface area contributed by atoms with Gasteiger partial charge >= 0.3 is 5.97 Å². The van der Waals surface area contributed by atoms with Gasteiger partial charge in [0.2, 0.25) is 0 Å². The van der Waals surface area contributed by atoms with Gasteiger partial charge in [-0.2, -0.15) is 0 Å². The number of benzene rings is 1. The van der Waals surface area contributed by atoms with Crippen molar-refractivity contribution < 1.29 is 18.7 Å². The molecule has 0 aliphatic heterocycles. The summed E-state index contributed by atoms with van der Waals surface area (Å²) in [5.41, 5.74) is 0.707. The summed E-state index contributed by atoms with van der Waals surface area (Å²) in [6.45, 7) is -0.00773. The number of carbonyl (C=O) groups is 1. The fourth-order valence-electron chi connectivity index (χ4n) is 1.56. The SMILES string of the molecule is COC(=O)c1cccnc1COc1ccccc1F. The van der Waals surface area contributed by atoms with Crippen LogP contribution in [-0.4, -0.2) is 18.1 Å². The summed E-state index contributed by atoms with van der Waals surface area (Å²) in [5, 5.41) is 0. The van der Waals surface area contributed by atoms with Crippen molar-refractivity contribution in [3.63, 3.8) is 0 Å². The van der Waals surface area contributed by atoms with E-state index in [-0.39, 0.29) is 12.4 Å².